The lowest BCUT2D eigenvalue weighted by Gasteiger charge is -1.97. The third-order valence-electron chi connectivity index (χ3n) is 0.490. The normalized spacial score (nSPS) is 12.1. The summed E-state index contributed by atoms with van der Waals surface area (Å²) in [6.07, 6.45) is 6.93. The zero-order valence-electron chi connectivity index (χ0n) is 5.57. The molecule has 0 aromatic carbocycles. The van der Waals surface area contributed by atoms with Gasteiger partial charge in [0.2, 0.25) is 0 Å². The number of hydroxylamine groups is 1. The van der Waals surface area contributed by atoms with Gasteiger partial charge in [0.05, 0.1) is 0 Å². The Kier molecular flexibility index (Phi) is 4.86. The molecule has 1 aliphatic heterocycles. The maximum atomic E-state index is 9.00. The predicted molar refractivity (Wildman–Crippen MR) is 35.8 cm³/mol. The molecule has 0 radical (unpaired) electrons. The lowest BCUT2D eigenvalue weighted by molar-refractivity contribution is -0.134. The Morgan fingerprint density at radius 1 is 1.60 bits per heavy atom. The third-order valence-corrected chi connectivity index (χ3v) is 0.490. The van der Waals surface area contributed by atoms with Crippen LogP contribution in [0.3, 0.4) is 0 Å². The van der Waals surface area contributed by atoms with Gasteiger partial charge in [0.15, 0.2) is 0 Å². The summed E-state index contributed by atoms with van der Waals surface area (Å²) in [5.41, 5.74) is 2.52. The van der Waals surface area contributed by atoms with E-state index < -0.39 is 5.97 Å². The summed E-state index contributed by atoms with van der Waals surface area (Å²) in [7, 11) is 0. The Balaban J connectivity index is 0.000000180. The molecule has 0 saturated carbocycles. The molecule has 0 unspecified atom stereocenters. The predicted octanol–water partition coefficient (Wildman–Crippen LogP) is 0.639. The summed E-state index contributed by atoms with van der Waals surface area (Å²) in [4.78, 5) is 13.6. The van der Waals surface area contributed by atoms with E-state index in [-0.39, 0.29) is 0 Å². The first-order valence-electron chi connectivity index (χ1n) is 2.66. The number of carboxylic acid groups (broad SMARTS) is 1. The van der Waals surface area contributed by atoms with Crippen molar-refractivity contribution < 1.29 is 14.7 Å². The van der Waals surface area contributed by atoms with Crippen molar-refractivity contribution >= 4 is 5.97 Å². The van der Waals surface area contributed by atoms with Gasteiger partial charge in [0.1, 0.15) is 6.26 Å². The SMILES string of the molecule is C1=CNOC=C1.CC(=O)O. The minimum Gasteiger partial charge on any atom is -0.481 e. The monoisotopic (exact) mass is 143 g/mol. The molecule has 0 amide bonds. The highest BCUT2D eigenvalue weighted by Gasteiger charge is 1.72. The Hall–Kier alpha value is -1.45. The summed E-state index contributed by atoms with van der Waals surface area (Å²) in [5, 5.41) is 7.42. The van der Waals surface area contributed by atoms with E-state index in [1.807, 2.05) is 6.08 Å². The van der Waals surface area contributed by atoms with Gasteiger partial charge in [-0.15, -0.1) is 0 Å². The van der Waals surface area contributed by atoms with Gasteiger partial charge in [-0.1, -0.05) is 0 Å². The Morgan fingerprint density at radius 3 is 2.30 bits per heavy atom. The second-order valence-corrected chi connectivity index (χ2v) is 1.44. The minimum absolute atomic E-state index is 0.833. The molecule has 4 heteroatoms. The van der Waals surface area contributed by atoms with Crippen LogP contribution < -0.4 is 5.48 Å². The Morgan fingerprint density at radius 2 is 2.20 bits per heavy atom. The van der Waals surface area contributed by atoms with Crippen LogP contribution in [0.1, 0.15) is 6.92 Å². The van der Waals surface area contributed by atoms with E-state index in [2.05, 4.69) is 10.3 Å². The van der Waals surface area contributed by atoms with Gasteiger partial charge in [-0.2, -0.15) is 0 Å². The van der Waals surface area contributed by atoms with Crippen LogP contribution in [0.15, 0.2) is 24.6 Å². The van der Waals surface area contributed by atoms with Crippen LogP contribution in [-0.4, -0.2) is 11.1 Å². The first kappa shape index (κ1) is 8.55. The average molecular weight is 143 g/mol. The van der Waals surface area contributed by atoms with Crippen molar-refractivity contribution in [2.75, 3.05) is 0 Å². The van der Waals surface area contributed by atoms with E-state index in [9.17, 15) is 0 Å². The largest absolute Gasteiger partial charge is 0.481 e. The zero-order valence-corrected chi connectivity index (χ0v) is 5.57. The van der Waals surface area contributed by atoms with Gasteiger partial charge in [-0.3, -0.25) is 4.79 Å². The molecule has 0 atom stereocenters. The molecule has 10 heavy (non-hydrogen) atoms. The standard InChI is InChI=1S/C4H5NO.C2H4O2/c1-2-4-6-5-3-1;1-2(3)4/h1-5H;1H3,(H,3,4). The molecule has 0 aromatic heterocycles. The number of rotatable bonds is 0. The van der Waals surface area contributed by atoms with Crippen molar-refractivity contribution in [3.63, 3.8) is 0 Å². The average Bonchev–Trinajstić information content (AvgIpc) is 1.90. The summed E-state index contributed by atoms with van der Waals surface area (Å²) in [5.74, 6) is -0.833. The van der Waals surface area contributed by atoms with Crippen LogP contribution in [-0.2, 0) is 9.63 Å². The molecule has 0 bridgehead atoms. The van der Waals surface area contributed by atoms with Crippen LogP contribution in [0.25, 0.3) is 0 Å². The number of carbonyl (C=O) groups is 1. The maximum absolute atomic E-state index is 9.00. The van der Waals surface area contributed by atoms with Crippen molar-refractivity contribution in [2.24, 2.45) is 0 Å². The number of hydrogen-bond donors (Lipinski definition) is 2. The molecule has 2 N–H and O–H groups in total. The van der Waals surface area contributed by atoms with Gasteiger partial charge in [-0.25, -0.2) is 5.48 Å². The molecule has 0 aromatic rings. The fourth-order valence-corrected chi connectivity index (χ4v) is 0.258. The zero-order chi connectivity index (χ0) is 7.82. The first-order valence-corrected chi connectivity index (χ1v) is 2.66. The fourth-order valence-electron chi connectivity index (χ4n) is 0.258. The van der Waals surface area contributed by atoms with Crippen LogP contribution in [0.4, 0.5) is 0 Å². The molecule has 0 saturated heterocycles. The molecule has 1 heterocycles. The number of allylic oxidation sites excluding steroid dienone is 2. The van der Waals surface area contributed by atoms with Gasteiger partial charge < -0.3 is 9.94 Å². The van der Waals surface area contributed by atoms with E-state index in [1.54, 1.807) is 18.5 Å². The number of carboxylic acids is 1. The summed E-state index contributed by atoms with van der Waals surface area (Å²) < 4.78 is 0. The molecule has 4 nitrogen and oxygen atoms in total. The first-order chi connectivity index (χ1) is 4.73. The molecule has 56 valence electrons. The minimum atomic E-state index is -0.833. The van der Waals surface area contributed by atoms with Crippen LogP contribution >= 0.6 is 0 Å². The third kappa shape index (κ3) is 9.75. The van der Waals surface area contributed by atoms with Crippen molar-refractivity contribution in [3.05, 3.63) is 24.6 Å². The number of aliphatic carboxylic acids is 1. The smallest absolute Gasteiger partial charge is 0.300 e. The topological polar surface area (TPSA) is 58.6 Å². The van der Waals surface area contributed by atoms with Gasteiger partial charge >= 0.3 is 0 Å². The molecular weight excluding hydrogens is 134 g/mol. The van der Waals surface area contributed by atoms with Crippen LogP contribution in [0.2, 0.25) is 0 Å². The van der Waals surface area contributed by atoms with E-state index in [0.29, 0.717) is 0 Å². The Labute approximate surface area is 58.8 Å². The van der Waals surface area contributed by atoms with Crippen LogP contribution in [0.5, 0.6) is 0 Å². The van der Waals surface area contributed by atoms with Crippen molar-refractivity contribution in [3.8, 4) is 0 Å². The highest BCUT2D eigenvalue weighted by atomic mass is 16.6. The van der Waals surface area contributed by atoms with Crippen molar-refractivity contribution in [2.45, 2.75) is 6.92 Å². The lowest BCUT2D eigenvalue weighted by atomic mass is 10.6. The second-order valence-electron chi connectivity index (χ2n) is 1.44. The van der Waals surface area contributed by atoms with Gasteiger partial charge in [0, 0.05) is 13.1 Å². The molecule has 1 rings (SSSR count). The molecule has 1 aliphatic rings. The summed E-state index contributed by atoms with van der Waals surface area (Å²) in [6, 6.07) is 0. The fraction of sp³-hybridized carbons (Fsp3) is 0.167. The molecule has 0 fully saturated rings. The Bertz CT molecular complexity index is 135. The van der Waals surface area contributed by atoms with Gasteiger partial charge in [-0.05, 0) is 12.2 Å². The van der Waals surface area contributed by atoms with Crippen LogP contribution in [0, 0.1) is 0 Å². The highest BCUT2D eigenvalue weighted by molar-refractivity contribution is 5.62. The van der Waals surface area contributed by atoms with Crippen molar-refractivity contribution in [1.29, 1.82) is 0 Å². The highest BCUT2D eigenvalue weighted by Crippen LogP contribution is 1.80. The second kappa shape index (κ2) is 5.68. The lowest BCUT2D eigenvalue weighted by Crippen LogP contribution is -2.01. The maximum Gasteiger partial charge on any atom is 0.300 e. The summed E-state index contributed by atoms with van der Waals surface area (Å²) in [6.45, 7) is 1.08. The van der Waals surface area contributed by atoms with E-state index >= 15 is 0 Å². The number of hydrogen-bond acceptors (Lipinski definition) is 3. The van der Waals surface area contributed by atoms with Gasteiger partial charge in [0.25, 0.3) is 5.97 Å². The van der Waals surface area contributed by atoms with E-state index in [0.717, 1.165) is 6.92 Å². The summed E-state index contributed by atoms with van der Waals surface area (Å²) >= 11 is 0. The quantitative estimate of drug-likeness (QED) is 0.522. The van der Waals surface area contributed by atoms with Crippen molar-refractivity contribution in [1.82, 2.24) is 5.48 Å². The molecule has 0 spiro atoms. The van der Waals surface area contributed by atoms with E-state index in [1.165, 1.54) is 0 Å². The molecule has 0 aliphatic carbocycles. The van der Waals surface area contributed by atoms with E-state index in [4.69, 9.17) is 9.90 Å². The molecular formula is C6H9NO3. The number of nitrogens with one attached hydrogen (secondary N) is 1.